The number of nitrogens with zero attached hydrogens (tertiary/aromatic N) is 2. The van der Waals surface area contributed by atoms with Gasteiger partial charge in [-0.05, 0) is 31.3 Å². The molecule has 0 unspecified atom stereocenters. The number of ether oxygens (including phenoxy) is 1. The molecule has 21 heavy (non-hydrogen) atoms. The Labute approximate surface area is 129 Å². The second-order valence-corrected chi connectivity index (χ2v) is 6.11. The van der Waals surface area contributed by atoms with E-state index in [2.05, 4.69) is 0 Å². The van der Waals surface area contributed by atoms with Crippen LogP contribution in [0.3, 0.4) is 0 Å². The molecule has 0 aromatic carbocycles. The van der Waals surface area contributed by atoms with Gasteiger partial charge in [-0.3, -0.25) is 9.36 Å². The predicted molar refractivity (Wildman–Crippen MR) is 84.8 cm³/mol. The molecule has 0 spiro atoms. The summed E-state index contributed by atoms with van der Waals surface area (Å²) < 4.78 is 9.26. The second-order valence-electron chi connectivity index (χ2n) is 4.46. The molecule has 0 amide bonds. The summed E-state index contributed by atoms with van der Waals surface area (Å²) in [5, 5.41) is 0. The van der Waals surface area contributed by atoms with Crippen LogP contribution in [0, 0.1) is 3.95 Å². The number of aromatic nitrogens is 2. The van der Waals surface area contributed by atoms with Crippen molar-refractivity contribution in [2.75, 3.05) is 6.61 Å². The van der Waals surface area contributed by atoms with E-state index >= 15 is 0 Å². The normalized spacial score (nSPS) is 11.1. The molecule has 108 valence electrons. The maximum atomic E-state index is 12.5. The van der Waals surface area contributed by atoms with Crippen LogP contribution in [-0.2, 0) is 11.8 Å². The molecule has 0 atom stereocenters. The Morgan fingerprint density at radius 2 is 2.19 bits per heavy atom. The molecule has 5 nitrogen and oxygen atoms in total. The Bertz CT molecular complexity index is 981. The van der Waals surface area contributed by atoms with Crippen molar-refractivity contribution in [3.05, 3.63) is 44.3 Å². The third kappa shape index (κ3) is 2.00. The molecule has 0 aliphatic heterocycles. The first-order valence-corrected chi connectivity index (χ1v) is 7.58. The SMILES string of the molecule is CCOC(=O)c1c2sc(=S)n(C)c(=O)c2n2ccccc12. The summed E-state index contributed by atoms with van der Waals surface area (Å²) in [6, 6.07) is 5.43. The third-order valence-electron chi connectivity index (χ3n) is 3.25. The molecule has 3 rings (SSSR count). The lowest BCUT2D eigenvalue weighted by Crippen LogP contribution is -2.17. The molecule has 0 bridgehead atoms. The lowest BCUT2D eigenvalue weighted by Gasteiger charge is -2.00. The molecule has 3 aromatic heterocycles. The van der Waals surface area contributed by atoms with Crippen molar-refractivity contribution in [3.63, 3.8) is 0 Å². The fourth-order valence-electron chi connectivity index (χ4n) is 2.28. The first kappa shape index (κ1) is 14.0. The number of hydrogen-bond donors (Lipinski definition) is 0. The summed E-state index contributed by atoms with van der Waals surface area (Å²) in [4.78, 5) is 24.8. The highest BCUT2D eigenvalue weighted by Gasteiger charge is 2.22. The average molecular weight is 320 g/mol. The van der Waals surface area contributed by atoms with Crippen molar-refractivity contribution in [2.24, 2.45) is 7.05 Å². The molecule has 3 heterocycles. The van der Waals surface area contributed by atoms with Crippen LogP contribution in [0.2, 0.25) is 0 Å². The molecule has 0 aliphatic carbocycles. The van der Waals surface area contributed by atoms with E-state index in [9.17, 15) is 9.59 Å². The van der Waals surface area contributed by atoms with Crippen molar-refractivity contribution in [3.8, 4) is 0 Å². The van der Waals surface area contributed by atoms with Crippen molar-refractivity contribution in [1.82, 2.24) is 8.97 Å². The summed E-state index contributed by atoms with van der Waals surface area (Å²) in [6.07, 6.45) is 1.76. The summed E-state index contributed by atoms with van der Waals surface area (Å²) in [5.74, 6) is -0.435. The highest BCUT2D eigenvalue weighted by molar-refractivity contribution is 7.73. The molecular weight excluding hydrogens is 308 g/mol. The smallest absolute Gasteiger partial charge is 0.341 e. The molecule has 7 heteroatoms. The number of fused-ring (bicyclic) bond motifs is 3. The van der Waals surface area contributed by atoms with Crippen LogP contribution >= 0.6 is 23.6 Å². The number of esters is 1. The molecule has 0 saturated heterocycles. The number of rotatable bonds is 2. The topological polar surface area (TPSA) is 52.7 Å². The Balaban J connectivity index is 2.58. The standard InChI is InChI=1S/C14H12N2O3S2/c1-3-19-13(18)9-8-6-4-5-7-16(8)10-11(9)21-14(20)15(2)12(10)17/h4-7H,3H2,1-2H3. The van der Waals surface area contributed by atoms with Gasteiger partial charge in [-0.15, -0.1) is 11.3 Å². The largest absolute Gasteiger partial charge is 0.462 e. The van der Waals surface area contributed by atoms with Crippen LogP contribution < -0.4 is 5.56 Å². The fourth-order valence-corrected chi connectivity index (χ4v) is 3.58. The minimum Gasteiger partial charge on any atom is -0.462 e. The van der Waals surface area contributed by atoms with Crippen molar-refractivity contribution in [2.45, 2.75) is 6.92 Å². The average Bonchev–Trinajstić information content (AvgIpc) is 2.79. The summed E-state index contributed by atoms with van der Waals surface area (Å²) in [7, 11) is 1.63. The Hall–Kier alpha value is -1.99. The predicted octanol–water partition coefficient (Wildman–Crippen LogP) is 2.76. The van der Waals surface area contributed by atoms with Crippen LogP contribution in [-0.4, -0.2) is 21.5 Å². The zero-order valence-corrected chi connectivity index (χ0v) is 13.1. The van der Waals surface area contributed by atoms with Crippen LogP contribution in [0.5, 0.6) is 0 Å². The van der Waals surface area contributed by atoms with E-state index in [1.807, 2.05) is 12.1 Å². The molecule has 3 aromatic rings. The number of pyridine rings is 1. The maximum Gasteiger partial charge on any atom is 0.341 e. The van der Waals surface area contributed by atoms with E-state index < -0.39 is 5.97 Å². The summed E-state index contributed by atoms with van der Waals surface area (Å²) in [5.41, 5.74) is 1.29. The second kappa shape index (κ2) is 5.09. The van der Waals surface area contributed by atoms with E-state index in [-0.39, 0.29) is 12.2 Å². The third-order valence-corrected chi connectivity index (χ3v) is 4.82. The van der Waals surface area contributed by atoms with E-state index in [1.165, 1.54) is 15.9 Å². The van der Waals surface area contributed by atoms with Crippen LogP contribution in [0.25, 0.3) is 15.7 Å². The molecule has 0 saturated carbocycles. The van der Waals surface area contributed by atoms with Gasteiger partial charge in [-0.2, -0.15) is 0 Å². The molecule has 0 fully saturated rings. The van der Waals surface area contributed by atoms with Crippen LogP contribution in [0.4, 0.5) is 0 Å². The molecular formula is C14H12N2O3S2. The van der Waals surface area contributed by atoms with Gasteiger partial charge in [0.15, 0.2) is 3.95 Å². The molecule has 0 radical (unpaired) electrons. The molecule has 0 aliphatic rings. The van der Waals surface area contributed by atoms with Gasteiger partial charge in [-0.1, -0.05) is 6.07 Å². The van der Waals surface area contributed by atoms with Gasteiger partial charge in [0.2, 0.25) is 0 Å². The lowest BCUT2D eigenvalue weighted by molar-refractivity contribution is 0.0531. The number of hydrogen-bond acceptors (Lipinski definition) is 5. The van der Waals surface area contributed by atoms with Crippen molar-refractivity contribution >= 4 is 45.3 Å². The van der Waals surface area contributed by atoms with Gasteiger partial charge in [0.25, 0.3) is 5.56 Å². The number of carbonyl (C=O) groups is 1. The maximum absolute atomic E-state index is 12.5. The highest BCUT2D eigenvalue weighted by Crippen LogP contribution is 2.28. The Morgan fingerprint density at radius 3 is 2.90 bits per heavy atom. The van der Waals surface area contributed by atoms with Crippen LogP contribution in [0.1, 0.15) is 17.3 Å². The van der Waals surface area contributed by atoms with Gasteiger partial charge >= 0.3 is 5.97 Å². The monoisotopic (exact) mass is 320 g/mol. The molecule has 0 N–H and O–H groups in total. The number of carbonyl (C=O) groups excluding carboxylic acids is 1. The summed E-state index contributed by atoms with van der Waals surface area (Å²) in [6.45, 7) is 2.03. The van der Waals surface area contributed by atoms with E-state index in [4.69, 9.17) is 17.0 Å². The summed E-state index contributed by atoms with van der Waals surface area (Å²) >= 11 is 6.45. The van der Waals surface area contributed by atoms with E-state index in [0.29, 0.717) is 25.3 Å². The van der Waals surface area contributed by atoms with Gasteiger partial charge in [0.05, 0.1) is 16.8 Å². The lowest BCUT2D eigenvalue weighted by atomic mass is 10.2. The van der Waals surface area contributed by atoms with Gasteiger partial charge in [0.1, 0.15) is 11.1 Å². The van der Waals surface area contributed by atoms with Crippen molar-refractivity contribution in [1.29, 1.82) is 0 Å². The first-order chi connectivity index (χ1) is 10.1. The highest BCUT2D eigenvalue weighted by atomic mass is 32.1. The Morgan fingerprint density at radius 1 is 1.43 bits per heavy atom. The minimum atomic E-state index is -0.435. The van der Waals surface area contributed by atoms with Gasteiger partial charge in [-0.25, -0.2) is 4.79 Å². The van der Waals surface area contributed by atoms with Crippen molar-refractivity contribution < 1.29 is 9.53 Å². The first-order valence-electron chi connectivity index (χ1n) is 6.36. The minimum absolute atomic E-state index is 0.217. The van der Waals surface area contributed by atoms with Gasteiger partial charge < -0.3 is 9.14 Å². The quantitative estimate of drug-likeness (QED) is 0.538. The van der Waals surface area contributed by atoms with Crippen LogP contribution in [0.15, 0.2) is 29.2 Å². The van der Waals surface area contributed by atoms with Gasteiger partial charge in [0, 0.05) is 13.2 Å². The Kier molecular flexibility index (Phi) is 3.38. The zero-order chi connectivity index (χ0) is 15.1. The van der Waals surface area contributed by atoms with E-state index in [1.54, 1.807) is 30.6 Å². The van der Waals surface area contributed by atoms with E-state index in [0.717, 1.165) is 0 Å². The fraction of sp³-hybridized carbons (Fsp3) is 0.214. The zero-order valence-electron chi connectivity index (χ0n) is 11.5.